The van der Waals surface area contributed by atoms with Gasteiger partial charge >= 0.3 is 0 Å². The van der Waals surface area contributed by atoms with Gasteiger partial charge in [0, 0.05) is 15.3 Å². The van der Waals surface area contributed by atoms with Crippen LogP contribution >= 0.6 is 34.8 Å². The minimum atomic E-state index is -0.763. The van der Waals surface area contributed by atoms with E-state index >= 15 is 8.78 Å². The van der Waals surface area contributed by atoms with E-state index in [0.717, 1.165) is 35.4 Å². The first-order valence-electron chi connectivity index (χ1n) is 18.1. The zero-order chi connectivity index (χ0) is 31.7. The number of thiophene rings is 2. The van der Waals surface area contributed by atoms with Crippen molar-refractivity contribution in [3.8, 4) is 0 Å². The van der Waals surface area contributed by atoms with E-state index in [1.54, 1.807) is 0 Å². The molecule has 1 aliphatic carbocycles. The summed E-state index contributed by atoms with van der Waals surface area (Å²) in [7, 11) is 0. The maximum Gasteiger partial charge on any atom is 0.169 e. The highest BCUT2D eigenvalue weighted by Crippen LogP contribution is 2.46. The summed E-state index contributed by atoms with van der Waals surface area (Å²) in [5.41, 5.74) is 3.80. The fraction of sp³-hybridized carbons (Fsp3) is 0.658. The molecule has 2 nitrogen and oxygen atoms in total. The fourth-order valence-electron chi connectivity index (χ4n) is 6.49. The number of nitrogens with one attached hydrogen (secondary N) is 1. The molecule has 0 bridgehead atoms. The van der Waals surface area contributed by atoms with Crippen molar-refractivity contribution in [2.24, 2.45) is 4.40 Å². The highest BCUT2D eigenvalue weighted by atomic mass is 32.2. The minimum absolute atomic E-state index is 0.334. The van der Waals surface area contributed by atoms with E-state index in [9.17, 15) is 0 Å². The monoisotopic (exact) mass is 674 g/mol. The molecule has 1 unspecified atom stereocenters. The second-order valence-corrected chi connectivity index (χ2v) is 15.5. The van der Waals surface area contributed by atoms with Crippen LogP contribution in [0.1, 0.15) is 163 Å². The van der Waals surface area contributed by atoms with Gasteiger partial charge in [-0.25, -0.2) is 17.9 Å². The van der Waals surface area contributed by atoms with Gasteiger partial charge in [-0.3, -0.25) is 0 Å². The van der Waals surface area contributed by atoms with Gasteiger partial charge in [-0.1, -0.05) is 129 Å². The molecule has 45 heavy (non-hydrogen) atoms. The third-order valence-corrected chi connectivity index (χ3v) is 11.9. The van der Waals surface area contributed by atoms with E-state index in [-0.39, 0.29) is 0 Å². The predicted molar refractivity (Wildman–Crippen MR) is 198 cm³/mol. The van der Waals surface area contributed by atoms with Crippen molar-refractivity contribution in [1.29, 1.82) is 0 Å². The average molecular weight is 675 g/mol. The zero-order valence-corrected chi connectivity index (χ0v) is 30.3. The van der Waals surface area contributed by atoms with Gasteiger partial charge in [-0.2, -0.15) is 0 Å². The Labute approximate surface area is 284 Å². The quantitative estimate of drug-likeness (QED) is 0.0885. The summed E-state index contributed by atoms with van der Waals surface area (Å²) < 4.78 is 39.5. The van der Waals surface area contributed by atoms with Crippen molar-refractivity contribution in [2.75, 3.05) is 0 Å². The first-order chi connectivity index (χ1) is 22.1. The number of halogens is 2. The number of aryl methyl sites for hydroxylation is 2. The summed E-state index contributed by atoms with van der Waals surface area (Å²) in [6, 6.07) is 3.70. The Morgan fingerprint density at radius 2 is 1.04 bits per heavy atom. The van der Waals surface area contributed by atoms with Crippen LogP contribution in [-0.2, 0) is 12.8 Å². The number of fused-ring (bicyclic) bond motifs is 1. The van der Waals surface area contributed by atoms with E-state index in [2.05, 4.69) is 45.9 Å². The summed E-state index contributed by atoms with van der Waals surface area (Å²) in [6.07, 6.45) is 28.3. The van der Waals surface area contributed by atoms with Crippen LogP contribution in [0.25, 0.3) is 11.1 Å². The van der Waals surface area contributed by atoms with E-state index in [4.69, 9.17) is 0 Å². The van der Waals surface area contributed by atoms with Gasteiger partial charge < -0.3 is 0 Å². The number of hydrogen-bond acceptors (Lipinski definition) is 5. The van der Waals surface area contributed by atoms with E-state index < -0.39 is 17.7 Å². The van der Waals surface area contributed by atoms with E-state index in [1.165, 1.54) is 162 Å². The number of rotatable bonds is 24. The smallest absolute Gasteiger partial charge is 0.169 e. The molecule has 7 heteroatoms. The largest absolute Gasteiger partial charge is 0.231 e. The molecule has 0 aromatic carbocycles. The van der Waals surface area contributed by atoms with Crippen molar-refractivity contribution in [3.63, 3.8) is 0 Å². The maximum atomic E-state index is 15.8. The molecule has 1 atom stereocenters. The van der Waals surface area contributed by atoms with Crippen molar-refractivity contribution < 1.29 is 8.78 Å². The van der Waals surface area contributed by atoms with Gasteiger partial charge in [0.05, 0.1) is 29.5 Å². The minimum Gasteiger partial charge on any atom is -0.231 e. The molecule has 4 rings (SSSR count). The van der Waals surface area contributed by atoms with Gasteiger partial charge in [0.15, 0.2) is 11.7 Å². The average Bonchev–Trinajstić information content (AvgIpc) is 3.82. The Bertz CT molecular complexity index is 1240. The molecule has 1 N–H and O–H groups in total. The first-order valence-corrected chi connectivity index (χ1v) is 20.6. The number of allylic oxidation sites excluding steroid dienone is 2. The molecular weight excluding hydrogens is 619 g/mol. The third kappa shape index (κ3) is 11.4. The van der Waals surface area contributed by atoms with Crippen LogP contribution in [0.5, 0.6) is 0 Å². The number of nitrogens with zero attached hydrogens (tertiary/aromatic N) is 1. The van der Waals surface area contributed by atoms with Crippen LogP contribution in [0.15, 0.2) is 38.9 Å². The summed E-state index contributed by atoms with van der Waals surface area (Å²) in [5.74, 6) is -1.50. The molecule has 250 valence electrons. The number of hydrogen-bond donors (Lipinski definition) is 1. The predicted octanol–water partition coefficient (Wildman–Crippen LogP) is 13.8. The van der Waals surface area contributed by atoms with Crippen LogP contribution in [0, 0.1) is 0 Å². The second-order valence-electron chi connectivity index (χ2n) is 13.0. The topological polar surface area (TPSA) is 24.4 Å². The molecule has 0 saturated heterocycles. The van der Waals surface area contributed by atoms with Crippen LogP contribution < -0.4 is 4.72 Å². The normalized spacial score (nSPS) is 16.6. The molecule has 0 spiro atoms. The van der Waals surface area contributed by atoms with Crippen molar-refractivity contribution >= 4 is 51.7 Å². The van der Waals surface area contributed by atoms with Crippen LogP contribution in [0.2, 0.25) is 0 Å². The molecule has 0 fully saturated rings. The van der Waals surface area contributed by atoms with Crippen LogP contribution in [0.3, 0.4) is 0 Å². The molecule has 2 aliphatic rings. The summed E-state index contributed by atoms with van der Waals surface area (Å²) in [4.78, 5) is 1.59. The van der Waals surface area contributed by atoms with Crippen molar-refractivity contribution in [3.05, 3.63) is 55.4 Å². The Morgan fingerprint density at radius 3 is 1.56 bits per heavy atom. The Hall–Kier alpha value is -1.28. The lowest BCUT2D eigenvalue weighted by Gasteiger charge is -2.23. The molecule has 2 aromatic rings. The third-order valence-electron chi connectivity index (χ3n) is 9.24. The van der Waals surface area contributed by atoms with E-state index in [1.807, 2.05) is 0 Å². The lowest BCUT2D eigenvalue weighted by Crippen LogP contribution is -2.33. The van der Waals surface area contributed by atoms with Gasteiger partial charge in [-0.15, -0.1) is 22.7 Å². The molecule has 0 saturated carbocycles. The first kappa shape index (κ1) is 36.6. The Morgan fingerprint density at radius 1 is 0.600 bits per heavy atom. The summed E-state index contributed by atoms with van der Waals surface area (Å²) in [5, 5.41) is 4.24. The van der Waals surface area contributed by atoms with Gasteiger partial charge in [-0.05, 0) is 59.7 Å². The van der Waals surface area contributed by atoms with Crippen molar-refractivity contribution in [1.82, 2.24) is 4.72 Å². The summed E-state index contributed by atoms with van der Waals surface area (Å²) in [6.45, 7) is 4.53. The van der Waals surface area contributed by atoms with Gasteiger partial charge in [0.2, 0.25) is 0 Å². The summed E-state index contributed by atoms with van der Waals surface area (Å²) >= 11 is 4.23. The fourth-order valence-corrected chi connectivity index (χ4v) is 9.19. The van der Waals surface area contributed by atoms with Crippen LogP contribution in [-0.4, -0.2) is 11.8 Å². The molecule has 0 radical (unpaired) electrons. The highest BCUT2D eigenvalue weighted by Gasteiger charge is 2.40. The zero-order valence-electron chi connectivity index (χ0n) is 27.9. The molecule has 3 heterocycles. The molecular formula is C38H56F2N2S3. The Kier molecular flexibility index (Phi) is 16.9. The van der Waals surface area contributed by atoms with E-state index in [0.29, 0.717) is 16.9 Å². The van der Waals surface area contributed by atoms with Crippen molar-refractivity contribution in [2.45, 2.75) is 161 Å². The Balaban J connectivity index is 1.26. The lowest BCUT2D eigenvalue weighted by atomic mass is 9.88. The number of unbranched alkanes of at least 4 members (excludes halogenated alkanes) is 18. The molecule has 1 aliphatic heterocycles. The van der Waals surface area contributed by atoms with Crippen LogP contribution in [0.4, 0.5) is 8.78 Å². The highest BCUT2D eigenvalue weighted by molar-refractivity contribution is 7.96. The lowest BCUT2D eigenvalue weighted by molar-refractivity contribution is 0.546. The molecule has 2 aromatic heterocycles. The molecule has 0 amide bonds. The SMILES string of the molecule is CCCCCCCCCCCCc1csc(C2=C(F)C(F)=C(c3cc(CCCCCCCCCCCC)cs3)C3NSN=C23)c1. The standard InChI is InChI=1S/C38H56F2N2S3/c1-3-5-7-9-11-13-15-17-19-21-23-29-25-31(43-27-29)33-35(39)36(40)34(38-37(33)41-45-42-38)32-26-30(28-44-32)24-22-20-18-16-14-12-10-8-6-4-2/h25-28,37,41H,3-24H2,1-2H3. The van der Waals surface area contributed by atoms with Gasteiger partial charge in [0.25, 0.3) is 0 Å². The van der Waals surface area contributed by atoms with Gasteiger partial charge in [0.1, 0.15) is 0 Å². The maximum absolute atomic E-state index is 15.8. The second kappa shape index (κ2) is 20.8.